The smallest absolute Gasteiger partial charge is 0.327 e. The fourth-order valence-corrected chi connectivity index (χ4v) is 4.14. The molecule has 0 bridgehead atoms. The molecule has 0 unspecified atom stereocenters. The topological polar surface area (TPSA) is 122 Å². The van der Waals surface area contributed by atoms with Crippen LogP contribution in [0.4, 0.5) is 0 Å². The normalized spacial score (nSPS) is 17.3. The van der Waals surface area contributed by atoms with Crippen LogP contribution in [-0.2, 0) is 24.3 Å². The monoisotopic (exact) mass is 418 g/mol. The van der Waals surface area contributed by atoms with E-state index in [1.165, 1.54) is 31.2 Å². The van der Waals surface area contributed by atoms with Crippen molar-refractivity contribution in [3.05, 3.63) is 29.3 Å². The van der Waals surface area contributed by atoms with Gasteiger partial charge in [-0.15, -0.1) is 0 Å². The number of nitrogens with one attached hydrogen (secondary N) is 2. The number of hydrogen-bond acceptors (Lipinski definition) is 6. The van der Waals surface area contributed by atoms with Crippen molar-refractivity contribution in [2.24, 2.45) is 0 Å². The summed E-state index contributed by atoms with van der Waals surface area (Å²) in [6, 6.07) is 3.84. The lowest BCUT2D eigenvalue weighted by atomic mass is 10.2. The van der Waals surface area contributed by atoms with Gasteiger partial charge in [-0.2, -0.15) is 4.72 Å². The van der Waals surface area contributed by atoms with Crippen molar-refractivity contribution >= 4 is 33.5 Å². The van der Waals surface area contributed by atoms with Gasteiger partial charge in [0.05, 0.1) is 11.0 Å². The minimum absolute atomic E-state index is 0.0761. The molecule has 150 valence electrons. The van der Waals surface area contributed by atoms with Crippen molar-refractivity contribution in [1.29, 1.82) is 0 Å². The van der Waals surface area contributed by atoms with Gasteiger partial charge in [0.2, 0.25) is 10.0 Å². The summed E-state index contributed by atoms with van der Waals surface area (Å²) in [5.41, 5.74) is 0. The molecule has 8 nitrogen and oxygen atoms in total. The molecular weight excluding hydrogens is 396 g/mol. The van der Waals surface area contributed by atoms with Crippen LogP contribution in [0.3, 0.4) is 0 Å². The van der Waals surface area contributed by atoms with Crippen LogP contribution in [0, 0.1) is 0 Å². The van der Waals surface area contributed by atoms with E-state index in [0.717, 1.165) is 25.7 Å². The highest BCUT2D eigenvalue weighted by molar-refractivity contribution is 7.89. The summed E-state index contributed by atoms with van der Waals surface area (Å²) in [5, 5.41) is 12.9. The highest BCUT2D eigenvalue weighted by atomic mass is 35.5. The highest BCUT2D eigenvalue weighted by Gasteiger charge is 2.31. The standard InChI is InChI=1S/C17H23ClN2O6S/c1-11(21)16(20-27(24,25)14-8-6-12(18)7-9-14)17(23)26-10-15(22)19-13-4-2-3-5-13/h6-9,11,13,16,20-21H,2-5,10H2,1H3,(H,19,22)/t11-,16+/m0/s1. The number of hydrogen-bond donors (Lipinski definition) is 3. The fourth-order valence-electron chi connectivity index (χ4n) is 2.76. The number of sulfonamides is 1. The SMILES string of the molecule is C[C@H](O)[C@@H](NS(=O)(=O)c1ccc(Cl)cc1)C(=O)OCC(=O)NC1CCCC1. The Morgan fingerprint density at radius 2 is 1.85 bits per heavy atom. The second-order valence-corrected chi connectivity index (χ2v) is 8.60. The molecule has 0 aromatic heterocycles. The van der Waals surface area contributed by atoms with Crippen LogP contribution in [0.5, 0.6) is 0 Å². The van der Waals surface area contributed by atoms with Crippen molar-refractivity contribution < 1.29 is 27.9 Å². The van der Waals surface area contributed by atoms with Gasteiger partial charge in [-0.1, -0.05) is 24.4 Å². The molecule has 3 N–H and O–H groups in total. The Bertz CT molecular complexity index is 760. The third-order valence-corrected chi connectivity index (χ3v) is 5.92. The highest BCUT2D eigenvalue weighted by Crippen LogP contribution is 2.17. The van der Waals surface area contributed by atoms with Crippen molar-refractivity contribution in [2.45, 2.75) is 55.7 Å². The maximum Gasteiger partial charge on any atom is 0.327 e. The van der Waals surface area contributed by atoms with E-state index in [9.17, 15) is 23.1 Å². The molecule has 0 saturated heterocycles. The maximum absolute atomic E-state index is 12.4. The maximum atomic E-state index is 12.4. The number of aliphatic hydroxyl groups is 1. The van der Waals surface area contributed by atoms with Gasteiger partial charge in [0.1, 0.15) is 6.04 Å². The molecule has 0 heterocycles. The second-order valence-electron chi connectivity index (χ2n) is 6.45. The lowest BCUT2D eigenvalue weighted by Gasteiger charge is -2.20. The first-order chi connectivity index (χ1) is 12.7. The zero-order valence-electron chi connectivity index (χ0n) is 14.9. The second kappa shape index (κ2) is 9.50. The van der Waals surface area contributed by atoms with Gasteiger partial charge in [0.15, 0.2) is 6.61 Å². The number of rotatable bonds is 8. The average Bonchev–Trinajstić information content (AvgIpc) is 3.10. The summed E-state index contributed by atoms with van der Waals surface area (Å²) in [4.78, 5) is 23.9. The molecule has 1 aliphatic carbocycles. The van der Waals surface area contributed by atoms with E-state index in [0.29, 0.717) is 5.02 Å². The summed E-state index contributed by atoms with van der Waals surface area (Å²) in [7, 11) is -4.09. The van der Waals surface area contributed by atoms with E-state index in [4.69, 9.17) is 16.3 Å². The van der Waals surface area contributed by atoms with Crippen LogP contribution in [0.1, 0.15) is 32.6 Å². The van der Waals surface area contributed by atoms with Crippen LogP contribution in [-0.4, -0.2) is 50.2 Å². The Labute approximate surface area is 163 Å². The molecule has 1 aliphatic rings. The molecule has 0 aliphatic heterocycles. The number of aliphatic hydroxyl groups excluding tert-OH is 1. The minimum atomic E-state index is -4.09. The predicted molar refractivity (Wildman–Crippen MR) is 98.6 cm³/mol. The first-order valence-corrected chi connectivity index (χ1v) is 10.5. The van der Waals surface area contributed by atoms with E-state index in [1.54, 1.807) is 0 Å². The van der Waals surface area contributed by atoms with Gasteiger partial charge in [-0.3, -0.25) is 9.59 Å². The zero-order chi connectivity index (χ0) is 20.0. The number of halogens is 1. The van der Waals surface area contributed by atoms with Crippen LogP contribution >= 0.6 is 11.6 Å². The Balaban J connectivity index is 1.95. The van der Waals surface area contributed by atoms with Crippen LogP contribution in [0.2, 0.25) is 5.02 Å². The van der Waals surface area contributed by atoms with E-state index >= 15 is 0 Å². The first-order valence-electron chi connectivity index (χ1n) is 8.61. The number of amides is 1. The van der Waals surface area contributed by atoms with E-state index in [-0.39, 0.29) is 10.9 Å². The summed E-state index contributed by atoms with van der Waals surface area (Å²) in [5.74, 6) is -1.50. The van der Waals surface area contributed by atoms with Crippen molar-refractivity contribution in [2.75, 3.05) is 6.61 Å². The average molecular weight is 419 g/mol. The summed E-state index contributed by atoms with van der Waals surface area (Å²) in [6.45, 7) is 0.704. The van der Waals surface area contributed by atoms with Gasteiger partial charge in [0.25, 0.3) is 5.91 Å². The Morgan fingerprint density at radius 1 is 1.26 bits per heavy atom. The molecule has 1 saturated carbocycles. The number of carbonyl (C=O) groups excluding carboxylic acids is 2. The molecule has 0 spiro atoms. The lowest BCUT2D eigenvalue weighted by molar-refractivity contribution is -0.152. The van der Waals surface area contributed by atoms with Crippen molar-refractivity contribution in [1.82, 2.24) is 10.0 Å². The Morgan fingerprint density at radius 3 is 2.41 bits per heavy atom. The molecule has 2 rings (SSSR count). The van der Waals surface area contributed by atoms with Gasteiger partial charge in [-0.25, -0.2) is 8.42 Å². The molecule has 10 heteroatoms. The number of benzene rings is 1. The number of esters is 1. The quantitative estimate of drug-likeness (QED) is 0.541. The molecule has 1 fully saturated rings. The summed E-state index contributed by atoms with van der Waals surface area (Å²) < 4.78 is 31.7. The van der Waals surface area contributed by atoms with E-state index in [2.05, 4.69) is 10.0 Å². The van der Waals surface area contributed by atoms with Gasteiger partial charge in [0, 0.05) is 11.1 Å². The van der Waals surface area contributed by atoms with Crippen LogP contribution < -0.4 is 10.0 Å². The lowest BCUT2D eigenvalue weighted by Crippen LogP contribution is -2.49. The fraction of sp³-hybridized carbons (Fsp3) is 0.529. The van der Waals surface area contributed by atoms with E-state index in [1.807, 2.05) is 0 Å². The largest absolute Gasteiger partial charge is 0.454 e. The molecule has 0 radical (unpaired) electrons. The van der Waals surface area contributed by atoms with Crippen molar-refractivity contribution in [3.8, 4) is 0 Å². The predicted octanol–water partition coefficient (Wildman–Crippen LogP) is 0.970. The molecule has 1 aromatic carbocycles. The van der Waals surface area contributed by atoms with E-state index < -0.39 is 40.7 Å². The van der Waals surface area contributed by atoms with Gasteiger partial charge >= 0.3 is 5.97 Å². The zero-order valence-corrected chi connectivity index (χ0v) is 16.4. The first kappa shape index (κ1) is 21.6. The third-order valence-electron chi connectivity index (χ3n) is 4.21. The summed E-state index contributed by atoms with van der Waals surface area (Å²) in [6.07, 6.45) is 2.49. The van der Waals surface area contributed by atoms with Crippen LogP contribution in [0.25, 0.3) is 0 Å². The molecule has 27 heavy (non-hydrogen) atoms. The van der Waals surface area contributed by atoms with Crippen molar-refractivity contribution in [3.63, 3.8) is 0 Å². The van der Waals surface area contributed by atoms with Gasteiger partial charge < -0.3 is 15.2 Å². The van der Waals surface area contributed by atoms with Crippen LogP contribution in [0.15, 0.2) is 29.2 Å². The Kier molecular flexibility index (Phi) is 7.60. The molecule has 2 atom stereocenters. The summed E-state index contributed by atoms with van der Waals surface area (Å²) >= 11 is 5.73. The number of ether oxygens (including phenoxy) is 1. The third kappa shape index (κ3) is 6.46. The number of carbonyl (C=O) groups is 2. The molecule has 1 aromatic rings. The molecular formula is C17H23ClN2O6S. The minimum Gasteiger partial charge on any atom is -0.454 e. The Hall–Kier alpha value is -1.68. The van der Waals surface area contributed by atoms with Gasteiger partial charge in [-0.05, 0) is 44.0 Å². The molecule has 1 amide bonds.